The molecule has 1 aromatic carbocycles. The van der Waals surface area contributed by atoms with E-state index in [1.165, 1.54) is 110 Å². The highest BCUT2D eigenvalue weighted by molar-refractivity contribution is 5.74. The summed E-state index contributed by atoms with van der Waals surface area (Å²) in [5.41, 5.74) is 0.921. The van der Waals surface area contributed by atoms with E-state index < -0.39 is 11.9 Å². The number of ether oxygens (including phenoxy) is 2. The van der Waals surface area contributed by atoms with Crippen molar-refractivity contribution in [1.29, 1.82) is 0 Å². The van der Waals surface area contributed by atoms with Gasteiger partial charge in [-0.15, -0.1) is 0 Å². The van der Waals surface area contributed by atoms with E-state index in [9.17, 15) is 9.59 Å². The first kappa shape index (κ1) is 29.2. The van der Waals surface area contributed by atoms with E-state index in [4.69, 9.17) is 9.47 Å². The number of para-hydroxylation sites is 1. The zero-order chi connectivity index (χ0) is 24.2. The summed E-state index contributed by atoms with van der Waals surface area (Å²) >= 11 is 0. The maximum absolute atomic E-state index is 11.5. The molecule has 0 saturated carbocycles. The Labute approximate surface area is 202 Å². The number of unbranched alkanes of at least 4 members (excludes halogenated alkanes) is 16. The molecule has 4 heteroatoms. The second kappa shape index (κ2) is 19.6. The Morgan fingerprint density at radius 1 is 0.606 bits per heavy atom. The minimum absolute atomic E-state index is 0.321. The van der Waals surface area contributed by atoms with Gasteiger partial charge in [0.05, 0.1) is 0 Å². The van der Waals surface area contributed by atoms with Gasteiger partial charge >= 0.3 is 11.9 Å². The van der Waals surface area contributed by atoms with Crippen LogP contribution >= 0.6 is 0 Å². The van der Waals surface area contributed by atoms with Crippen molar-refractivity contribution in [2.45, 2.75) is 136 Å². The fourth-order valence-corrected chi connectivity index (χ4v) is 4.29. The third-order valence-electron chi connectivity index (χ3n) is 6.11. The predicted octanol–water partition coefficient (Wildman–Crippen LogP) is 8.73. The topological polar surface area (TPSA) is 52.6 Å². The van der Waals surface area contributed by atoms with Gasteiger partial charge in [0.15, 0.2) is 11.5 Å². The van der Waals surface area contributed by atoms with E-state index >= 15 is 0 Å². The molecule has 0 bridgehead atoms. The first-order chi connectivity index (χ1) is 16.0. The monoisotopic (exact) mass is 460 g/mol. The summed E-state index contributed by atoms with van der Waals surface area (Å²) < 4.78 is 10.6. The summed E-state index contributed by atoms with van der Waals surface area (Å²) in [4.78, 5) is 22.8. The quantitative estimate of drug-likeness (QED) is 0.111. The van der Waals surface area contributed by atoms with Crippen LogP contribution in [0.4, 0.5) is 0 Å². The van der Waals surface area contributed by atoms with E-state index in [0.717, 1.165) is 24.8 Å². The Bertz CT molecular complexity index is 653. The van der Waals surface area contributed by atoms with Crippen LogP contribution in [-0.2, 0) is 16.0 Å². The second-order valence-electron chi connectivity index (χ2n) is 9.34. The fourth-order valence-electron chi connectivity index (χ4n) is 4.29. The number of carbonyl (C=O) groups is 2. The van der Waals surface area contributed by atoms with Crippen LogP contribution in [0.15, 0.2) is 18.2 Å². The highest BCUT2D eigenvalue weighted by Gasteiger charge is 2.14. The number of hydrogen-bond acceptors (Lipinski definition) is 4. The molecule has 1 rings (SSSR count). The molecule has 0 aromatic heterocycles. The molecular weight excluding hydrogens is 412 g/mol. The van der Waals surface area contributed by atoms with Gasteiger partial charge in [-0.1, -0.05) is 122 Å². The van der Waals surface area contributed by atoms with Gasteiger partial charge in [0.2, 0.25) is 0 Å². The zero-order valence-corrected chi connectivity index (χ0v) is 21.6. The van der Waals surface area contributed by atoms with Gasteiger partial charge < -0.3 is 9.47 Å². The van der Waals surface area contributed by atoms with Crippen LogP contribution in [0, 0.1) is 0 Å². The summed E-state index contributed by atoms with van der Waals surface area (Å²) in [5.74, 6) is -0.115. The van der Waals surface area contributed by atoms with E-state index in [1.807, 2.05) is 12.1 Å². The highest BCUT2D eigenvalue weighted by Crippen LogP contribution is 2.33. The van der Waals surface area contributed by atoms with Crippen molar-refractivity contribution in [3.8, 4) is 11.5 Å². The van der Waals surface area contributed by atoms with Gasteiger partial charge in [-0.2, -0.15) is 0 Å². The Hall–Kier alpha value is -1.84. The molecule has 1 aromatic rings. The number of benzene rings is 1. The molecule has 0 unspecified atom stereocenters. The van der Waals surface area contributed by atoms with Gasteiger partial charge in [-0.3, -0.25) is 9.59 Å². The molecule has 0 spiro atoms. The van der Waals surface area contributed by atoms with Crippen LogP contribution in [0.3, 0.4) is 0 Å². The van der Waals surface area contributed by atoms with Crippen molar-refractivity contribution in [2.24, 2.45) is 0 Å². The van der Waals surface area contributed by atoms with Crippen molar-refractivity contribution >= 4 is 11.9 Å². The van der Waals surface area contributed by atoms with Gasteiger partial charge in [0, 0.05) is 13.8 Å². The average Bonchev–Trinajstić information content (AvgIpc) is 2.77. The summed E-state index contributed by atoms with van der Waals surface area (Å²) in [7, 11) is 0. The molecule has 0 amide bonds. The van der Waals surface area contributed by atoms with Crippen molar-refractivity contribution in [3.63, 3.8) is 0 Å². The molecule has 0 radical (unpaired) electrons. The number of esters is 2. The van der Waals surface area contributed by atoms with Crippen LogP contribution in [-0.4, -0.2) is 11.9 Å². The lowest BCUT2D eigenvalue weighted by atomic mass is 10.0. The normalized spacial score (nSPS) is 10.9. The SMILES string of the molecule is CCCCCCCCCCCCCCCCCCCc1cccc(OC(C)=O)c1OC(C)=O. The third kappa shape index (κ3) is 15.6. The number of aryl methyl sites for hydroxylation is 1. The maximum atomic E-state index is 11.5. The number of hydrogen-bond donors (Lipinski definition) is 0. The zero-order valence-electron chi connectivity index (χ0n) is 21.6. The molecule has 0 aliphatic rings. The van der Waals surface area contributed by atoms with Gasteiger partial charge in [-0.05, 0) is 24.5 Å². The molecule has 0 fully saturated rings. The summed E-state index contributed by atoms with van der Waals surface area (Å²) in [6.07, 6.45) is 23.7. The Balaban J connectivity index is 2.06. The Morgan fingerprint density at radius 2 is 1.03 bits per heavy atom. The lowest BCUT2D eigenvalue weighted by molar-refractivity contribution is -0.134. The summed E-state index contributed by atoms with van der Waals surface area (Å²) in [5, 5.41) is 0. The summed E-state index contributed by atoms with van der Waals surface area (Å²) in [6, 6.07) is 5.45. The smallest absolute Gasteiger partial charge is 0.308 e. The third-order valence-corrected chi connectivity index (χ3v) is 6.11. The Kier molecular flexibility index (Phi) is 17.4. The van der Waals surface area contributed by atoms with E-state index in [2.05, 4.69) is 6.92 Å². The molecular formula is C29H48O4. The standard InChI is InChI=1S/C29H48O4/c1-4-5-6-7-8-9-10-11-12-13-14-15-16-17-18-19-20-22-27-23-21-24-28(32-25(2)30)29(27)33-26(3)31/h21,23-24H,4-20,22H2,1-3H3. The molecule has 188 valence electrons. The molecule has 0 atom stereocenters. The first-order valence-corrected chi connectivity index (χ1v) is 13.5. The molecule has 0 heterocycles. The summed E-state index contributed by atoms with van der Waals surface area (Å²) in [6.45, 7) is 4.99. The number of rotatable bonds is 20. The van der Waals surface area contributed by atoms with Crippen LogP contribution < -0.4 is 9.47 Å². The van der Waals surface area contributed by atoms with Crippen LogP contribution in [0.25, 0.3) is 0 Å². The van der Waals surface area contributed by atoms with E-state index in [-0.39, 0.29) is 0 Å². The highest BCUT2D eigenvalue weighted by atomic mass is 16.6. The van der Waals surface area contributed by atoms with Gasteiger partial charge in [-0.25, -0.2) is 0 Å². The van der Waals surface area contributed by atoms with Crippen molar-refractivity contribution in [1.82, 2.24) is 0 Å². The van der Waals surface area contributed by atoms with E-state index in [1.54, 1.807) is 6.07 Å². The maximum Gasteiger partial charge on any atom is 0.308 e. The van der Waals surface area contributed by atoms with Crippen LogP contribution in [0.5, 0.6) is 11.5 Å². The molecule has 0 aliphatic heterocycles. The molecule has 33 heavy (non-hydrogen) atoms. The Morgan fingerprint density at radius 3 is 1.45 bits per heavy atom. The van der Waals surface area contributed by atoms with Crippen molar-refractivity contribution in [3.05, 3.63) is 23.8 Å². The van der Waals surface area contributed by atoms with Crippen LogP contribution in [0.2, 0.25) is 0 Å². The predicted molar refractivity (Wildman–Crippen MR) is 137 cm³/mol. The lowest BCUT2D eigenvalue weighted by Crippen LogP contribution is -2.09. The first-order valence-electron chi connectivity index (χ1n) is 13.5. The second-order valence-corrected chi connectivity index (χ2v) is 9.34. The van der Waals surface area contributed by atoms with E-state index in [0.29, 0.717) is 11.5 Å². The lowest BCUT2D eigenvalue weighted by Gasteiger charge is -2.13. The molecule has 0 saturated heterocycles. The molecule has 0 aliphatic carbocycles. The minimum Gasteiger partial charge on any atom is -0.423 e. The average molecular weight is 461 g/mol. The largest absolute Gasteiger partial charge is 0.423 e. The van der Waals surface area contributed by atoms with Gasteiger partial charge in [0.25, 0.3) is 0 Å². The van der Waals surface area contributed by atoms with Crippen LogP contribution in [0.1, 0.15) is 135 Å². The van der Waals surface area contributed by atoms with Crippen molar-refractivity contribution < 1.29 is 19.1 Å². The minimum atomic E-state index is -0.418. The molecule has 4 nitrogen and oxygen atoms in total. The van der Waals surface area contributed by atoms with Crippen molar-refractivity contribution in [2.75, 3.05) is 0 Å². The fraction of sp³-hybridized carbons (Fsp3) is 0.724. The van der Waals surface area contributed by atoms with Gasteiger partial charge in [0.1, 0.15) is 0 Å². The molecule has 0 N–H and O–H groups in total. The number of carbonyl (C=O) groups excluding carboxylic acids is 2.